The topological polar surface area (TPSA) is 58.6 Å². The molecule has 2 aromatic carbocycles. The summed E-state index contributed by atoms with van der Waals surface area (Å²) in [7, 11) is 1.60. The maximum Gasteiger partial charge on any atom is 0.256 e. The minimum absolute atomic E-state index is 0.0317. The minimum atomic E-state index is -0.550. The molecule has 1 saturated heterocycles. The van der Waals surface area contributed by atoms with Crippen LogP contribution in [0.15, 0.2) is 48.5 Å². The van der Waals surface area contributed by atoms with Gasteiger partial charge in [0.05, 0.1) is 18.6 Å². The second kappa shape index (κ2) is 9.07. The highest BCUT2D eigenvalue weighted by Crippen LogP contribution is 2.34. The van der Waals surface area contributed by atoms with E-state index in [1.54, 1.807) is 24.1 Å². The molecule has 2 aromatic rings. The van der Waals surface area contributed by atoms with E-state index in [1.807, 2.05) is 38.1 Å². The number of hydrogen-bond acceptors (Lipinski definition) is 3. The number of halogens is 1. The molecule has 0 radical (unpaired) electrons. The molecule has 0 aliphatic carbocycles. The first-order valence-electron chi connectivity index (χ1n) is 9.86. The van der Waals surface area contributed by atoms with E-state index in [2.05, 4.69) is 5.32 Å². The molecule has 154 valence electrons. The van der Waals surface area contributed by atoms with Crippen molar-refractivity contribution in [2.24, 2.45) is 11.8 Å². The highest BCUT2D eigenvalue weighted by Gasteiger charge is 2.40. The molecule has 6 heteroatoms. The van der Waals surface area contributed by atoms with Crippen molar-refractivity contribution in [3.63, 3.8) is 0 Å². The van der Waals surface area contributed by atoms with E-state index in [4.69, 9.17) is 4.74 Å². The Labute approximate surface area is 170 Å². The average Bonchev–Trinajstić information content (AvgIpc) is 3.17. The van der Waals surface area contributed by atoms with Crippen molar-refractivity contribution in [2.45, 2.75) is 19.8 Å². The molecular formula is C23H27FN2O3. The Morgan fingerprint density at radius 1 is 1.14 bits per heavy atom. The van der Waals surface area contributed by atoms with Crippen molar-refractivity contribution >= 4 is 11.8 Å². The van der Waals surface area contributed by atoms with E-state index < -0.39 is 11.7 Å². The van der Waals surface area contributed by atoms with Crippen molar-refractivity contribution in [3.8, 4) is 5.75 Å². The van der Waals surface area contributed by atoms with Crippen LogP contribution in [0.25, 0.3) is 0 Å². The van der Waals surface area contributed by atoms with Crippen molar-refractivity contribution in [3.05, 3.63) is 65.5 Å². The third-order valence-electron chi connectivity index (χ3n) is 5.28. The van der Waals surface area contributed by atoms with Crippen molar-refractivity contribution < 1.29 is 18.7 Å². The van der Waals surface area contributed by atoms with E-state index >= 15 is 0 Å². The molecule has 1 aliphatic heterocycles. The number of carbonyl (C=O) groups is 2. The number of ether oxygens (including phenoxy) is 1. The van der Waals surface area contributed by atoms with Gasteiger partial charge in [0.15, 0.2) is 0 Å². The van der Waals surface area contributed by atoms with E-state index in [9.17, 15) is 14.0 Å². The second-order valence-corrected chi connectivity index (χ2v) is 7.82. The predicted octanol–water partition coefficient (Wildman–Crippen LogP) is 3.46. The summed E-state index contributed by atoms with van der Waals surface area (Å²) in [5, 5.41) is 2.98. The lowest BCUT2D eigenvalue weighted by Crippen LogP contribution is -2.37. The Balaban J connectivity index is 1.85. The van der Waals surface area contributed by atoms with Gasteiger partial charge in [-0.2, -0.15) is 0 Å². The molecule has 0 bridgehead atoms. The lowest BCUT2D eigenvalue weighted by atomic mass is 9.88. The molecule has 0 saturated carbocycles. The van der Waals surface area contributed by atoms with Crippen LogP contribution in [0.3, 0.4) is 0 Å². The zero-order chi connectivity index (χ0) is 21.0. The molecule has 1 aliphatic rings. The number of hydrogen-bond donors (Lipinski definition) is 1. The van der Waals surface area contributed by atoms with Gasteiger partial charge in [-0.25, -0.2) is 4.39 Å². The molecule has 1 N–H and O–H groups in total. The summed E-state index contributed by atoms with van der Waals surface area (Å²) in [4.78, 5) is 27.4. The minimum Gasteiger partial charge on any atom is -0.497 e. The van der Waals surface area contributed by atoms with Crippen molar-refractivity contribution in [1.29, 1.82) is 0 Å². The Morgan fingerprint density at radius 2 is 1.83 bits per heavy atom. The van der Waals surface area contributed by atoms with Gasteiger partial charge in [-0.15, -0.1) is 0 Å². The van der Waals surface area contributed by atoms with Gasteiger partial charge in [0.1, 0.15) is 11.6 Å². The molecule has 0 aromatic heterocycles. The number of benzene rings is 2. The monoisotopic (exact) mass is 398 g/mol. The number of nitrogens with one attached hydrogen (secondary N) is 1. The molecule has 3 rings (SSSR count). The Hall–Kier alpha value is -2.89. The van der Waals surface area contributed by atoms with Gasteiger partial charge < -0.3 is 15.0 Å². The zero-order valence-corrected chi connectivity index (χ0v) is 17.0. The number of methoxy groups -OCH3 is 1. The smallest absolute Gasteiger partial charge is 0.256 e. The summed E-state index contributed by atoms with van der Waals surface area (Å²) in [5.41, 5.74) is 0.989. The molecule has 29 heavy (non-hydrogen) atoms. The van der Waals surface area contributed by atoms with Crippen molar-refractivity contribution in [2.75, 3.05) is 26.7 Å². The van der Waals surface area contributed by atoms with Crippen LogP contribution in [0, 0.1) is 17.7 Å². The van der Waals surface area contributed by atoms with Gasteiger partial charge >= 0.3 is 0 Å². The summed E-state index contributed by atoms with van der Waals surface area (Å²) in [5.74, 6) is -0.514. The van der Waals surface area contributed by atoms with Gasteiger partial charge in [0.25, 0.3) is 5.91 Å². The van der Waals surface area contributed by atoms with Gasteiger partial charge in [-0.05, 0) is 35.7 Å². The maximum absolute atomic E-state index is 14.1. The number of rotatable bonds is 6. The van der Waals surface area contributed by atoms with E-state index in [0.717, 1.165) is 11.3 Å². The van der Waals surface area contributed by atoms with Gasteiger partial charge in [-0.3, -0.25) is 9.59 Å². The van der Waals surface area contributed by atoms with Crippen LogP contribution >= 0.6 is 0 Å². The van der Waals surface area contributed by atoms with Crippen LogP contribution in [-0.4, -0.2) is 43.5 Å². The Kier molecular flexibility index (Phi) is 6.52. The first-order valence-corrected chi connectivity index (χ1v) is 9.86. The number of carbonyl (C=O) groups excluding carboxylic acids is 2. The molecule has 2 amide bonds. The largest absolute Gasteiger partial charge is 0.497 e. The third kappa shape index (κ3) is 4.75. The predicted molar refractivity (Wildman–Crippen MR) is 109 cm³/mol. The molecule has 5 nitrogen and oxygen atoms in total. The van der Waals surface area contributed by atoms with Crippen LogP contribution < -0.4 is 10.1 Å². The summed E-state index contributed by atoms with van der Waals surface area (Å²) in [6.45, 7) is 5.26. The quantitative estimate of drug-likeness (QED) is 0.811. The molecule has 0 unspecified atom stereocenters. The lowest BCUT2D eigenvalue weighted by molar-refractivity contribution is -0.125. The summed E-state index contributed by atoms with van der Waals surface area (Å²) in [6.07, 6.45) is 0. The van der Waals surface area contributed by atoms with Crippen LogP contribution in [-0.2, 0) is 4.79 Å². The van der Waals surface area contributed by atoms with Gasteiger partial charge in [-0.1, -0.05) is 38.1 Å². The van der Waals surface area contributed by atoms with Crippen LogP contribution in [0.4, 0.5) is 4.39 Å². The molecular weight excluding hydrogens is 371 g/mol. The fraction of sp³-hybridized carbons (Fsp3) is 0.391. The number of amides is 2. The summed E-state index contributed by atoms with van der Waals surface area (Å²) >= 11 is 0. The fourth-order valence-corrected chi connectivity index (χ4v) is 3.66. The van der Waals surface area contributed by atoms with E-state index in [-0.39, 0.29) is 29.8 Å². The second-order valence-electron chi connectivity index (χ2n) is 7.82. The number of likely N-dealkylation sites (tertiary alicyclic amines) is 1. The van der Waals surface area contributed by atoms with Gasteiger partial charge in [0, 0.05) is 25.6 Å². The van der Waals surface area contributed by atoms with Gasteiger partial charge in [0.2, 0.25) is 5.91 Å². The highest BCUT2D eigenvalue weighted by molar-refractivity contribution is 5.95. The third-order valence-corrected chi connectivity index (χ3v) is 5.28. The summed E-state index contributed by atoms with van der Waals surface area (Å²) in [6, 6.07) is 13.5. The van der Waals surface area contributed by atoms with Crippen LogP contribution in [0.5, 0.6) is 5.75 Å². The summed E-state index contributed by atoms with van der Waals surface area (Å²) < 4.78 is 19.3. The molecule has 2 atom stereocenters. The zero-order valence-electron chi connectivity index (χ0n) is 17.0. The lowest BCUT2D eigenvalue weighted by Gasteiger charge is -2.19. The van der Waals surface area contributed by atoms with Crippen LogP contribution in [0.2, 0.25) is 0 Å². The SMILES string of the molecule is COc1ccc([C@H]2CN(C(=O)c3ccccc3F)C[C@@H]2C(=O)NCC(C)C)cc1. The Morgan fingerprint density at radius 3 is 2.45 bits per heavy atom. The Bertz CT molecular complexity index is 867. The maximum atomic E-state index is 14.1. The van der Waals surface area contributed by atoms with Crippen LogP contribution in [0.1, 0.15) is 35.7 Å². The van der Waals surface area contributed by atoms with Crippen molar-refractivity contribution in [1.82, 2.24) is 10.2 Å². The van der Waals surface area contributed by atoms with E-state index in [1.165, 1.54) is 12.1 Å². The molecule has 0 spiro atoms. The first kappa shape index (κ1) is 20.8. The first-order chi connectivity index (χ1) is 13.9. The molecule has 1 heterocycles. The normalized spacial score (nSPS) is 18.7. The number of nitrogens with zero attached hydrogens (tertiary/aromatic N) is 1. The fourth-order valence-electron chi connectivity index (χ4n) is 3.66. The standard InChI is InChI=1S/C23H27FN2O3/c1-15(2)12-25-22(27)20-14-26(23(28)18-6-4-5-7-21(18)24)13-19(20)16-8-10-17(29-3)11-9-16/h4-11,15,19-20H,12-14H2,1-3H3,(H,25,27)/t19-,20+/m1/s1. The van der Waals surface area contributed by atoms with E-state index in [0.29, 0.717) is 19.0 Å². The average molecular weight is 398 g/mol. The highest BCUT2D eigenvalue weighted by atomic mass is 19.1. The molecule has 1 fully saturated rings.